The Morgan fingerprint density at radius 2 is 2.11 bits per heavy atom. The quantitative estimate of drug-likeness (QED) is 0.822. The predicted molar refractivity (Wildman–Crippen MR) is 70.6 cm³/mol. The Hall–Kier alpha value is -1.04. The highest BCUT2D eigenvalue weighted by Gasteiger charge is 2.25. The molecule has 0 saturated heterocycles. The third-order valence-electron chi connectivity index (χ3n) is 3.08. The first-order valence-corrected chi connectivity index (χ1v) is 7.17. The van der Waals surface area contributed by atoms with Gasteiger partial charge in [-0.25, -0.2) is 0 Å². The van der Waals surface area contributed by atoms with Gasteiger partial charge in [0.05, 0.1) is 11.7 Å². The first-order valence-electron chi connectivity index (χ1n) is 6.12. The lowest BCUT2D eigenvalue weighted by Crippen LogP contribution is -2.16. The molecule has 0 aliphatic carbocycles. The fourth-order valence-corrected chi connectivity index (χ4v) is 2.06. The van der Waals surface area contributed by atoms with Crippen LogP contribution in [-0.2, 0) is 10.5 Å². The van der Waals surface area contributed by atoms with E-state index in [4.69, 9.17) is 9.63 Å². The van der Waals surface area contributed by atoms with Crippen molar-refractivity contribution in [3.8, 4) is 0 Å². The maximum atomic E-state index is 10.9. The second-order valence-electron chi connectivity index (χ2n) is 4.49. The molecule has 0 aliphatic heterocycles. The Morgan fingerprint density at radius 3 is 2.67 bits per heavy atom. The largest absolute Gasteiger partial charge is 0.481 e. The standard InChI is InChI=1S/C12H20N2O3S/c1-5-7(2)18-6-10-13-11(17-14-10)8(3)9(4)12(15)16/h7-9H,5-6H2,1-4H3,(H,15,16). The van der Waals surface area contributed by atoms with Gasteiger partial charge >= 0.3 is 5.97 Å². The van der Waals surface area contributed by atoms with E-state index < -0.39 is 11.9 Å². The van der Waals surface area contributed by atoms with E-state index in [1.807, 2.05) is 0 Å². The van der Waals surface area contributed by atoms with Crippen molar-refractivity contribution in [2.75, 3.05) is 0 Å². The molecule has 5 nitrogen and oxygen atoms in total. The van der Waals surface area contributed by atoms with Crippen LogP contribution in [0.1, 0.15) is 51.7 Å². The first-order chi connectivity index (χ1) is 8.45. The highest BCUT2D eigenvalue weighted by molar-refractivity contribution is 7.99. The number of thioether (sulfide) groups is 1. The summed E-state index contributed by atoms with van der Waals surface area (Å²) in [6.45, 7) is 7.72. The van der Waals surface area contributed by atoms with E-state index in [-0.39, 0.29) is 5.92 Å². The molecule has 1 heterocycles. The smallest absolute Gasteiger partial charge is 0.307 e. The highest BCUT2D eigenvalue weighted by atomic mass is 32.2. The van der Waals surface area contributed by atoms with E-state index in [2.05, 4.69) is 24.0 Å². The van der Waals surface area contributed by atoms with Crippen LogP contribution < -0.4 is 0 Å². The number of rotatable bonds is 7. The molecule has 0 fully saturated rings. The van der Waals surface area contributed by atoms with Gasteiger partial charge in [-0.15, -0.1) is 0 Å². The topological polar surface area (TPSA) is 76.2 Å². The van der Waals surface area contributed by atoms with Gasteiger partial charge in [0.25, 0.3) is 0 Å². The van der Waals surface area contributed by atoms with Crippen molar-refractivity contribution >= 4 is 17.7 Å². The van der Waals surface area contributed by atoms with E-state index in [1.165, 1.54) is 0 Å². The molecule has 0 radical (unpaired) electrons. The van der Waals surface area contributed by atoms with Crippen LogP contribution in [0.15, 0.2) is 4.52 Å². The Balaban J connectivity index is 2.60. The van der Waals surface area contributed by atoms with Gasteiger partial charge in [0, 0.05) is 11.2 Å². The van der Waals surface area contributed by atoms with Crippen molar-refractivity contribution in [3.05, 3.63) is 11.7 Å². The molecule has 0 saturated carbocycles. The molecule has 1 aromatic rings. The van der Waals surface area contributed by atoms with Gasteiger partial charge in [-0.05, 0) is 6.42 Å². The van der Waals surface area contributed by atoms with Gasteiger partial charge in [0.1, 0.15) is 0 Å². The molecule has 6 heteroatoms. The molecule has 18 heavy (non-hydrogen) atoms. The number of carboxylic acid groups (broad SMARTS) is 1. The van der Waals surface area contributed by atoms with Crippen molar-refractivity contribution in [1.82, 2.24) is 10.1 Å². The van der Waals surface area contributed by atoms with Crippen LogP contribution in [0.25, 0.3) is 0 Å². The molecule has 1 rings (SSSR count). The van der Waals surface area contributed by atoms with Crippen molar-refractivity contribution in [1.29, 1.82) is 0 Å². The molecule has 1 aromatic heterocycles. The summed E-state index contributed by atoms with van der Waals surface area (Å²) in [4.78, 5) is 15.1. The van der Waals surface area contributed by atoms with Gasteiger partial charge in [-0.1, -0.05) is 32.9 Å². The minimum absolute atomic E-state index is 0.266. The monoisotopic (exact) mass is 272 g/mol. The molecule has 3 atom stereocenters. The number of carbonyl (C=O) groups is 1. The summed E-state index contributed by atoms with van der Waals surface area (Å²) >= 11 is 1.77. The van der Waals surface area contributed by atoms with Gasteiger partial charge in [-0.3, -0.25) is 4.79 Å². The van der Waals surface area contributed by atoms with Gasteiger partial charge in [0.15, 0.2) is 5.82 Å². The Labute approximate surface area is 111 Å². The van der Waals surface area contributed by atoms with E-state index in [1.54, 1.807) is 25.6 Å². The van der Waals surface area contributed by atoms with Crippen LogP contribution in [-0.4, -0.2) is 26.5 Å². The zero-order valence-electron chi connectivity index (χ0n) is 11.2. The number of aliphatic carboxylic acids is 1. The minimum atomic E-state index is -0.851. The van der Waals surface area contributed by atoms with E-state index >= 15 is 0 Å². The Kier molecular flexibility index (Phi) is 5.65. The molecule has 0 amide bonds. The van der Waals surface area contributed by atoms with Crippen molar-refractivity contribution < 1.29 is 14.4 Å². The molecule has 3 unspecified atom stereocenters. The normalized spacial score (nSPS) is 16.2. The average Bonchev–Trinajstić information content (AvgIpc) is 2.82. The fraction of sp³-hybridized carbons (Fsp3) is 0.750. The van der Waals surface area contributed by atoms with Crippen LogP contribution in [0, 0.1) is 5.92 Å². The molecule has 1 N–H and O–H groups in total. The first kappa shape index (κ1) is 15.0. The van der Waals surface area contributed by atoms with Crippen molar-refractivity contribution in [2.24, 2.45) is 5.92 Å². The van der Waals surface area contributed by atoms with Crippen molar-refractivity contribution in [3.63, 3.8) is 0 Å². The lowest BCUT2D eigenvalue weighted by molar-refractivity contribution is -0.141. The molecular weight excluding hydrogens is 252 g/mol. The van der Waals surface area contributed by atoms with Crippen LogP contribution in [0.5, 0.6) is 0 Å². The molecular formula is C12H20N2O3S. The molecule has 0 aliphatic rings. The number of hydrogen-bond donors (Lipinski definition) is 1. The SMILES string of the molecule is CCC(C)SCc1noc(C(C)C(C)C(=O)O)n1. The summed E-state index contributed by atoms with van der Waals surface area (Å²) in [5, 5.41) is 13.4. The van der Waals surface area contributed by atoms with Gasteiger partial charge in [0.2, 0.25) is 5.89 Å². The molecule has 0 aromatic carbocycles. The predicted octanol–water partition coefficient (Wildman–Crippen LogP) is 2.93. The molecule has 102 valence electrons. The summed E-state index contributed by atoms with van der Waals surface area (Å²) in [6.07, 6.45) is 1.10. The number of hydrogen-bond acceptors (Lipinski definition) is 5. The molecule has 0 bridgehead atoms. The summed E-state index contributed by atoms with van der Waals surface area (Å²) in [7, 11) is 0. The zero-order valence-corrected chi connectivity index (χ0v) is 12.0. The van der Waals surface area contributed by atoms with Crippen LogP contribution in [0.4, 0.5) is 0 Å². The second-order valence-corrected chi connectivity index (χ2v) is 5.92. The Morgan fingerprint density at radius 1 is 1.44 bits per heavy atom. The third-order valence-corrected chi connectivity index (χ3v) is 4.41. The van der Waals surface area contributed by atoms with Crippen LogP contribution >= 0.6 is 11.8 Å². The van der Waals surface area contributed by atoms with E-state index in [0.717, 1.165) is 6.42 Å². The summed E-state index contributed by atoms with van der Waals surface area (Å²) in [6, 6.07) is 0. The molecule has 0 spiro atoms. The minimum Gasteiger partial charge on any atom is -0.481 e. The highest BCUT2D eigenvalue weighted by Crippen LogP contribution is 2.24. The fourth-order valence-electron chi connectivity index (χ4n) is 1.27. The lowest BCUT2D eigenvalue weighted by atomic mass is 9.96. The number of carboxylic acids is 1. The van der Waals surface area contributed by atoms with E-state index in [9.17, 15) is 4.79 Å². The summed E-state index contributed by atoms with van der Waals surface area (Å²) in [5.74, 6) is 0.102. The maximum absolute atomic E-state index is 10.9. The Bertz CT molecular complexity index is 394. The van der Waals surface area contributed by atoms with Crippen LogP contribution in [0.2, 0.25) is 0 Å². The van der Waals surface area contributed by atoms with Gasteiger partial charge < -0.3 is 9.63 Å². The lowest BCUT2D eigenvalue weighted by Gasteiger charge is -2.10. The van der Waals surface area contributed by atoms with E-state index in [0.29, 0.717) is 22.7 Å². The van der Waals surface area contributed by atoms with Gasteiger partial charge in [-0.2, -0.15) is 16.7 Å². The summed E-state index contributed by atoms with van der Waals surface area (Å²) in [5.41, 5.74) is 0. The zero-order chi connectivity index (χ0) is 13.7. The second kappa shape index (κ2) is 6.78. The number of aromatic nitrogens is 2. The van der Waals surface area contributed by atoms with Crippen LogP contribution in [0.3, 0.4) is 0 Å². The maximum Gasteiger partial charge on any atom is 0.307 e. The third kappa shape index (κ3) is 4.01. The average molecular weight is 272 g/mol. The van der Waals surface area contributed by atoms with Crippen molar-refractivity contribution in [2.45, 2.75) is 51.0 Å². The number of nitrogens with zero attached hydrogens (tertiary/aromatic N) is 2. The summed E-state index contributed by atoms with van der Waals surface area (Å²) < 4.78 is 5.13.